The minimum absolute atomic E-state index is 0.155. The number of ether oxygens (including phenoxy) is 1. The van der Waals surface area contributed by atoms with Gasteiger partial charge in [0.1, 0.15) is 0 Å². The summed E-state index contributed by atoms with van der Waals surface area (Å²) in [7, 11) is 0. The lowest BCUT2D eigenvalue weighted by Crippen LogP contribution is -2.53. The maximum absolute atomic E-state index is 12.3. The van der Waals surface area contributed by atoms with Gasteiger partial charge in [0.15, 0.2) is 0 Å². The Labute approximate surface area is 137 Å². The van der Waals surface area contributed by atoms with Crippen LogP contribution in [0.4, 0.5) is 0 Å². The van der Waals surface area contributed by atoms with Crippen LogP contribution >= 0.6 is 0 Å². The number of esters is 1. The molecule has 0 aromatic heterocycles. The Balaban J connectivity index is 1.97. The van der Waals surface area contributed by atoms with Crippen LogP contribution in [0.25, 0.3) is 0 Å². The highest BCUT2D eigenvalue weighted by atomic mass is 16.5. The molecule has 23 heavy (non-hydrogen) atoms. The molecular weight excluding hydrogens is 292 g/mol. The summed E-state index contributed by atoms with van der Waals surface area (Å²) >= 11 is 0. The zero-order valence-electron chi connectivity index (χ0n) is 13.7. The smallest absolute Gasteiger partial charge is 0.311 e. The molecule has 1 unspecified atom stereocenters. The first kappa shape index (κ1) is 17.5. The van der Waals surface area contributed by atoms with Crippen molar-refractivity contribution < 1.29 is 14.3 Å². The molecule has 0 spiro atoms. The molecule has 0 radical (unpaired) electrons. The lowest BCUT2D eigenvalue weighted by molar-refractivity contribution is -0.148. The number of nitrogens with one attached hydrogen (secondary N) is 1. The van der Waals surface area contributed by atoms with Crippen molar-refractivity contribution in [3.05, 3.63) is 35.9 Å². The van der Waals surface area contributed by atoms with Gasteiger partial charge >= 0.3 is 5.97 Å². The number of benzene rings is 1. The van der Waals surface area contributed by atoms with E-state index in [2.05, 4.69) is 5.32 Å². The summed E-state index contributed by atoms with van der Waals surface area (Å²) in [5.41, 5.74) is 6.42. The van der Waals surface area contributed by atoms with Gasteiger partial charge in [-0.05, 0) is 31.7 Å². The molecule has 1 atom stereocenters. The van der Waals surface area contributed by atoms with E-state index in [1.165, 1.54) is 0 Å². The van der Waals surface area contributed by atoms with Crippen LogP contribution in [0.15, 0.2) is 30.3 Å². The molecule has 1 amide bonds. The predicted octanol–water partition coefficient (Wildman–Crippen LogP) is 1.80. The molecule has 1 fully saturated rings. The van der Waals surface area contributed by atoms with Gasteiger partial charge in [-0.15, -0.1) is 0 Å². The lowest BCUT2D eigenvalue weighted by atomic mass is 9.96. The minimum Gasteiger partial charge on any atom is -0.466 e. The number of carbonyl (C=O) groups is 2. The summed E-state index contributed by atoms with van der Waals surface area (Å²) in [6, 6.07) is 9.74. The zero-order chi connectivity index (χ0) is 16.7. The molecule has 3 N–H and O–H groups in total. The van der Waals surface area contributed by atoms with Crippen LogP contribution in [0.3, 0.4) is 0 Å². The van der Waals surface area contributed by atoms with E-state index < -0.39 is 11.5 Å². The Bertz CT molecular complexity index is 524. The standard InChI is InChI=1S/C18H26N2O3/c1-2-23-16(21)15(12-14-8-4-3-5-9-14)13-20-17(22)18(19)10-6-7-11-18/h3-5,8-9,15H,2,6-7,10-13,19H2,1H3,(H,20,22). The van der Waals surface area contributed by atoms with Gasteiger partial charge in [-0.1, -0.05) is 43.2 Å². The van der Waals surface area contributed by atoms with Gasteiger partial charge < -0.3 is 15.8 Å². The van der Waals surface area contributed by atoms with E-state index in [4.69, 9.17) is 10.5 Å². The second-order valence-corrected chi connectivity index (χ2v) is 6.21. The van der Waals surface area contributed by atoms with Crippen molar-refractivity contribution in [3.8, 4) is 0 Å². The van der Waals surface area contributed by atoms with Crippen LogP contribution in [-0.4, -0.2) is 30.6 Å². The van der Waals surface area contributed by atoms with E-state index in [1.54, 1.807) is 6.92 Å². The zero-order valence-corrected chi connectivity index (χ0v) is 13.7. The number of nitrogens with two attached hydrogens (primary N) is 1. The molecule has 0 heterocycles. The van der Waals surface area contributed by atoms with Crippen molar-refractivity contribution in [2.75, 3.05) is 13.2 Å². The van der Waals surface area contributed by atoms with E-state index in [9.17, 15) is 9.59 Å². The van der Waals surface area contributed by atoms with Crippen molar-refractivity contribution >= 4 is 11.9 Å². The van der Waals surface area contributed by atoms with E-state index >= 15 is 0 Å². The summed E-state index contributed by atoms with van der Waals surface area (Å²) < 4.78 is 5.14. The van der Waals surface area contributed by atoms with Crippen LogP contribution in [0, 0.1) is 5.92 Å². The monoisotopic (exact) mass is 318 g/mol. The number of amides is 1. The van der Waals surface area contributed by atoms with Crippen molar-refractivity contribution in [3.63, 3.8) is 0 Å². The largest absolute Gasteiger partial charge is 0.466 e. The van der Waals surface area contributed by atoms with E-state index in [0.717, 1.165) is 18.4 Å². The summed E-state index contributed by atoms with van der Waals surface area (Å²) in [4.78, 5) is 24.5. The number of hydrogen-bond acceptors (Lipinski definition) is 4. The Kier molecular flexibility index (Phi) is 6.16. The molecule has 0 aliphatic heterocycles. The molecule has 1 aromatic rings. The summed E-state index contributed by atoms with van der Waals surface area (Å²) in [5, 5.41) is 2.86. The normalized spacial score (nSPS) is 17.5. The average molecular weight is 318 g/mol. The molecule has 2 rings (SSSR count). The molecule has 126 valence electrons. The first-order chi connectivity index (χ1) is 11.0. The van der Waals surface area contributed by atoms with Crippen LogP contribution in [0.2, 0.25) is 0 Å². The topological polar surface area (TPSA) is 81.4 Å². The molecule has 1 aliphatic rings. The minimum atomic E-state index is -0.772. The fourth-order valence-electron chi connectivity index (χ4n) is 3.02. The third-order valence-electron chi connectivity index (χ3n) is 4.40. The maximum atomic E-state index is 12.3. The number of carbonyl (C=O) groups excluding carboxylic acids is 2. The highest BCUT2D eigenvalue weighted by Gasteiger charge is 2.37. The molecule has 1 aromatic carbocycles. The summed E-state index contributed by atoms with van der Waals surface area (Å²) in [6.45, 7) is 2.37. The quantitative estimate of drug-likeness (QED) is 0.751. The Hall–Kier alpha value is -1.88. The Morgan fingerprint density at radius 2 is 1.91 bits per heavy atom. The third-order valence-corrected chi connectivity index (χ3v) is 4.40. The number of hydrogen-bond donors (Lipinski definition) is 2. The lowest BCUT2D eigenvalue weighted by Gasteiger charge is -2.24. The van der Waals surface area contributed by atoms with Crippen molar-refractivity contribution in [2.24, 2.45) is 11.7 Å². The van der Waals surface area contributed by atoms with Gasteiger partial charge in [-0.25, -0.2) is 0 Å². The first-order valence-corrected chi connectivity index (χ1v) is 8.33. The van der Waals surface area contributed by atoms with Crippen molar-refractivity contribution in [2.45, 2.75) is 44.6 Å². The molecule has 5 nitrogen and oxygen atoms in total. The van der Waals surface area contributed by atoms with Crippen molar-refractivity contribution in [1.82, 2.24) is 5.32 Å². The highest BCUT2D eigenvalue weighted by Crippen LogP contribution is 2.27. The van der Waals surface area contributed by atoms with Crippen LogP contribution in [0.1, 0.15) is 38.2 Å². The average Bonchev–Trinajstić information content (AvgIpc) is 3.00. The van der Waals surface area contributed by atoms with Crippen LogP contribution in [0.5, 0.6) is 0 Å². The highest BCUT2D eigenvalue weighted by molar-refractivity contribution is 5.86. The van der Waals surface area contributed by atoms with Crippen LogP contribution in [-0.2, 0) is 20.7 Å². The summed E-state index contributed by atoms with van der Waals surface area (Å²) in [6.07, 6.45) is 3.92. The first-order valence-electron chi connectivity index (χ1n) is 8.33. The van der Waals surface area contributed by atoms with Crippen LogP contribution < -0.4 is 11.1 Å². The molecule has 0 bridgehead atoms. The molecule has 0 saturated heterocycles. The van der Waals surface area contributed by atoms with Gasteiger partial charge in [0.2, 0.25) is 5.91 Å². The fourth-order valence-corrected chi connectivity index (χ4v) is 3.02. The second-order valence-electron chi connectivity index (χ2n) is 6.21. The van der Waals surface area contributed by atoms with E-state index in [0.29, 0.717) is 25.9 Å². The van der Waals surface area contributed by atoms with Gasteiger partial charge in [-0.2, -0.15) is 0 Å². The van der Waals surface area contributed by atoms with Gasteiger partial charge in [0.05, 0.1) is 18.1 Å². The molecule has 1 aliphatic carbocycles. The van der Waals surface area contributed by atoms with Gasteiger partial charge in [-0.3, -0.25) is 9.59 Å². The number of rotatable bonds is 7. The SMILES string of the molecule is CCOC(=O)C(CNC(=O)C1(N)CCCC1)Cc1ccccc1. The summed E-state index contributed by atoms with van der Waals surface area (Å²) in [5.74, 6) is -0.835. The molecule has 5 heteroatoms. The second kappa shape index (κ2) is 8.11. The molecular formula is C18H26N2O3. The fraction of sp³-hybridized carbons (Fsp3) is 0.556. The van der Waals surface area contributed by atoms with Gasteiger partial charge in [0, 0.05) is 6.54 Å². The van der Waals surface area contributed by atoms with Crippen molar-refractivity contribution in [1.29, 1.82) is 0 Å². The maximum Gasteiger partial charge on any atom is 0.311 e. The molecule has 1 saturated carbocycles. The van der Waals surface area contributed by atoms with E-state index in [-0.39, 0.29) is 18.4 Å². The van der Waals surface area contributed by atoms with E-state index in [1.807, 2.05) is 30.3 Å². The Morgan fingerprint density at radius 3 is 2.52 bits per heavy atom. The Morgan fingerprint density at radius 1 is 1.26 bits per heavy atom. The third kappa shape index (κ3) is 4.79. The predicted molar refractivity (Wildman–Crippen MR) is 88.7 cm³/mol. The van der Waals surface area contributed by atoms with Gasteiger partial charge in [0.25, 0.3) is 0 Å².